The predicted molar refractivity (Wildman–Crippen MR) is 131 cm³/mol. The third-order valence-electron chi connectivity index (χ3n) is 4.83. The quantitative estimate of drug-likeness (QED) is 0.310. The van der Waals surface area contributed by atoms with E-state index in [4.69, 9.17) is 9.26 Å². The van der Waals surface area contributed by atoms with Crippen LogP contribution in [0.3, 0.4) is 0 Å². The number of nitrogens with zero attached hydrogens (tertiary/aromatic N) is 3. The van der Waals surface area contributed by atoms with Crippen LogP contribution in [0, 0.1) is 0 Å². The zero-order chi connectivity index (χ0) is 24.7. The van der Waals surface area contributed by atoms with E-state index in [2.05, 4.69) is 25.4 Å². The average molecular weight is 514 g/mol. The van der Waals surface area contributed by atoms with Crippen molar-refractivity contribution >= 4 is 32.4 Å². The molecule has 0 saturated heterocycles. The van der Waals surface area contributed by atoms with Crippen LogP contribution in [0.4, 0.5) is 5.13 Å². The van der Waals surface area contributed by atoms with E-state index in [1.165, 1.54) is 6.07 Å². The van der Waals surface area contributed by atoms with Gasteiger partial charge >= 0.3 is 0 Å². The monoisotopic (exact) mass is 513 g/mol. The van der Waals surface area contributed by atoms with Crippen LogP contribution in [-0.4, -0.2) is 42.0 Å². The van der Waals surface area contributed by atoms with E-state index >= 15 is 0 Å². The minimum Gasteiger partial charge on any atom is -0.367 e. The van der Waals surface area contributed by atoms with E-state index in [1.807, 2.05) is 67.6 Å². The van der Waals surface area contributed by atoms with Crippen LogP contribution < -0.4 is 10.0 Å². The second-order valence-corrected chi connectivity index (χ2v) is 10.4. The number of nitrogens with one attached hydrogen (secondary N) is 2. The molecule has 2 aromatic heterocycles. The second-order valence-electron chi connectivity index (χ2n) is 7.50. The maximum atomic E-state index is 12.4. The fourth-order valence-corrected chi connectivity index (χ4v) is 4.92. The molecular formula is C23H23N5O5S2. The molecule has 0 bridgehead atoms. The molecule has 0 aliphatic heterocycles. The van der Waals surface area contributed by atoms with Gasteiger partial charge in [-0.15, -0.1) is 10.2 Å². The van der Waals surface area contributed by atoms with Gasteiger partial charge in [-0.3, -0.25) is 9.52 Å². The molecule has 4 aromatic rings. The van der Waals surface area contributed by atoms with Crippen molar-refractivity contribution in [1.29, 1.82) is 0 Å². The Morgan fingerprint density at radius 2 is 1.80 bits per heavy atom. The van der Waals surface area contributed by atoms with Crippen molar-refractivity contribution in [2.24, 2.45) is 0 Å². The van der Waals surface area contributed by atoms with E-state index in [0.29, 0.717) is 17.4 Å². The molecule has 2 aromatic carbocycles. The fourth-order valence-electron chi connectivity index (χ4n) is 3.00. The molecule has 0 aliphatic carbocycles. The van der Waals surface area contributed by atoms with Gasteiger partial charge in [0.05, 0.1) is 12.4 Å². The number of amides is 1. The van der Waals surface area contributed by atoms with Crippen LogP contribution in [0.15, 0.2) is 71.3 Å². The first-order valence-electron chi connectivity index (χ1n) is 10.7. The molecule has 12 heteroatoms. The summed E-state index contributed by atoms with van der Waals surface area (Å²) in [5, 5.41) is 14.9. The molecule has 182 valence electrons. The summed E-state index contributed by atoms with van der Waals surface area (Å²) in [7, 11) is -3.76. The lowest BCUT2D eigenvalue weighted by Crippen LogP contribution is -2.31. The number of benzene rings is 2. The van der Waals surface area contributed by atoms with Gasteiger partial charge < -0.3 is 14.6 Å². The molecule has 1 amide bonds. The molecule has 2 heterocycles. The van der Waals surface area contributed by atoms with Gasteiger partial charge in [-0.25, -0.2) is 8.42 Å². The Morgan fingerprint density at radius 1 is 1.09 bits per heavy atom. The number of sulfonamides is 1. The van der Waals surface area contributed by atoms with Crippen LogP contribution >= 0.6 is 11.3 Å². The third kappa shape index (κ3) is 6.94. The molecular weight excluding hydrogens is 490 g/mol. The second kappa shape index (κ2) is 11.2. The van der Waals surface area contributed by atoms with E-state index in [0.717, 1.165) is 22.5 Å². The molecule has 2 N–H and O–H groups in total. The number of carbonyl (C=O) groups excluding carboxylic acids is 1. The Hall–Kier alpha value is -3.61. The Bertz CT molecular complexity index is 1360. The summed E-state index contributed by atoms with van der Waals surface area (Å²) < 4.78 is 38.2. The summed E-state index contributed by atoms with van der Waals surface area (Å²) in [5.74, 6) is -0.440. The molecule has 0 fully saturated rings. The number of anilines is 1. The summed E-state index contributed by atoms with van der Waals surface area (Å²) >= 11 is 1.09. The summed E-state index contributed by atoms with van der Waals surface area (Å²) in [6.07, 6.45) is -0.353. The van der Waals surface area contributed by atoms with Crippen molar-refractivity contribution in [2.45, 2.75) is 19.6 Å². The average Bonchev–Trinajstić information content (AvgIpc) is 3.54. The molecule has 1 atom stereocenters. The topological polar surface area (TPSA) is 136 Å². The fraction of sp³-hybridized carbons (Fsp3) is 0.217. The van der Waals surface area contributed by atoms with Gasteiger partial charge in [0.2, 0.25) is 15.2 Å². The van der Waals surface area contributed by atoms with Crippen LogP contribution in [0.1, 0.15) is 34.1 Å². The molecule has 0 aliphatic rings. The Balaban J connectivity index is 1.24. The van der Waals surface area contributed by atoms with Gasteiger partial charge in [-0.2, -0.15) is 0 Å². The number of ether oxygens (including phenoxy) is 1. The summed E-state index contributed by atoms with van der Waals surface area (Å²) in [6, 6.07) is 20.4. The smallest absolute Gasteiger partial charge is 0.273 e. The van der Waals surface area contributed by atoms with Crippen LogP contribution in [0.2, 0.25) is 0 Å². The minimum absolute atomic E-state index is 0.0625. The van der Waals surface area contributed by atoms with Crippen LogP contribution in [0.5, 0.6) is 0 Å². The first-order chi connectivity index (χ1) is 16.9. The number of aromatic nitrogens is 3. The van der Waals surface area contributed by atoms with Gasteiger partial charge in [0, 0.05) is 18.2 Å². The number of carbonyl (C=O) groups is 1. The molecule has 35 heavy (non-hydrogen) atoms. The van der Waals surface area contributed by atoms with Crippen molar-refractivity contribution in [3.63, 3.8) is 0 Å². The summed E-state index contributed by atoms with van der Waals surface area (Å²) in [4.78, 5) is 12.3. The normalized spacial score (nSPS) is 12.3. The van der Waals surface area contributed by atoms with E-state index in [-0.39, 0.29) is 29.2 Å². The molecule has 4 rings (SSSR count). The highest BCUT2D eigenvalue weighted by atomic mass is 32.2. The van der Waals surface area contributed by atoms with Crippen LogP contribution in [0.25, 0.3) is 11.3 Å². The van der Waals surface area contributed by atoms with Gasteiger partial charge in [0.15, 0.2) is 11.5 Å². The molecule has 0 radical (unpaired) electrons. The van der Waals surface area contributed by atoms with Crippen molar-refractivity contribution in [3.8, 4) is 11.3 Å². The standard InChI is InChI=1S/C23H23N5O5S2/c1-16(32-15-17-8-4-2-5-9-17)22-25-26-23(34-22)28-35(30,31)13-12-24-21(29)19-14-20(33-27-19)18-10-6-3-7-11-18/h2-11,14,16H,12-13,15H2,1H3,(H,24,29)(H,26,28). The van der Waals surface area contributed by atoms with Crippen molar-refractivity contribution in [3.05, 3.63) is 83.0 Å². The maximum absolute atomic E-state index is 12.4. The minimum atomic E-state index is -3.76. The molecule has 0 spiro atoms. The predicted octanol–water partition coefficient (Wildman–Crippen LogP) is 3.64. The SMILES string of the molecule is CC(OCc1ccccc1)c1nnc(NS(=O)(=O)CCNC(=O)c2cc(-c3ccccc3)on2)s1. The van der Waals surface area contributed by atoms with Gasteiger partial charge in [0.1, 0.15) is 11.1 Å². The Morgan fingerprint density at radius 3 is 2.54 bits per heavy atom. The van der Waals surface area contributed by atoms with E-state index in [9.17, 15) is 13.2 Å². The highest BCUT2D eigenvalue weighted by Gasteiger charge is 2.19. The van der Waals surface area contributed by atoms with Crippen molar-refractivity contribution in [2.75, 3.05) is 17.0 Å². The lowest BCUT2D eigenvalue weighted by molar-refractivity contribution is 0.0520. The Labute approximate surface area is 206 Å². The first kappa shape index (κ1) is 24.5. The van der Waals surface area contributed by atoms with Gasteiger partial charge in [-0.05, 0) is 12.5 Å². The number of hydrogen-bond acceptors (Lipinski definition) is 9. The summed E-state index contributed by atoms with van der Waals surface area (Å²) in [5.41, 5.74) is 1.86. The lowest BCUT2D eigenvalue weighted by atomic mass is 10.1. The van der Waals surface area contributed by atoms with Gasteiger partial charge in [-0.1, -0.05) is 77.2 Å². The third-order valence-corrected chi connectivity index (χ3v) is 7.21. The zero-order valence-corrected chi connectivity index (χ0v) is 20.4. The lowest BCUT2D eigenvalue weighted by Gasteiger charge is -2.09. The van der Waals surface area contributed by atoms with E-state index < -0.39 is 15.9 Å². The van der Waals surface area contributed by atoms with E-state index in [1.54, 1.807) is 0 Å². The van der Waals surface area contributed by atoms with Gasteiger partial charge in [0.25, 0.3) is 5.91 Å². The molecule has 0 saturated carbocycles. The number of rotatable bonds is 11. The molecule has 10 nitrogen and oxygen atoms in total. The molecule has 1 unspecified atom stereocenters. The van der Waals surface area contributed by atoms with Crippen LogP contribution in [-0.2, 0) is 21.4 Å². The maximum Gasteiger partial charge on any atom is 0.273 e. The first-order valence-corrected chi connectivity index (χ1v) is 13.2. The summed E-state index contributed by atoms with van der Waals surface area (Å²) in [6.45, 7) is 2.11. The van der Waals surface area contributed by atoms with Crippen molar-refractivity contribution in [1.82, 2.24) is 20.7 Å². The highest BCUT2D eigenvalue weighted by molar-refractivity contribution is 7.92. The highest BCUT2D eigenvalue weighted by Crippen LogP contribution is 2.25. The van der Waals surface area contributed by atoms with Crippen molar-refractivity contribution < 1.29 is 22.5 Å². The number of hydrogen-bond donors (Lipinski definition) is 2. The largest absolute Gasteiger partial charge is 0.367 e. The zero-order valence-electron chi connectivity index (χ0n) is 18.7. The Kier molecular flexibility index (Phi) is 7.85.